The van der Waals surface area contributed by atoms with Crippen molar-refractivity contribution >= 4 is 0 Å². The molecule has 1 rings (SSSR count). The van der Waals surface area contributed by atoms with Crippen LogP contribution >= 0.6 is 0 Å². The Kier molecular flexibility index (Phi) is 2.87. The van der Waals surface area contributed by atoms with E-state index in [0.29, 0.717) is 18.4 Å². The molecule has 0 aliphatic carbocycles. The predicted octanol–water partition coefficient (Wildman–Crippen LogP) is 1.12. The molecule has 0 radical (unpaired) electrons. The molecule has 3 heteroatoms. The van der Waals surface area contributed by atoms with Crippen LogP contribution in [-0.4, -0.2) is 16.3 Å². The van der Waals surface area contributed by atoms with Gasteiger partial charge in [0.15, 0.2) is 0 Å². The van der Waals surface area contributed by atoms with Gasteiger partial charge < -0.3 is 5.73 Å². The van der Waals surface area contributed by atoms with Gasteiger partial charge in [-0.05, 0) is 12.0 Å². The fourth-order valence-electron chi connectivity index (χ4n) is 1.48. The zero-order valence-electron chi connectivity index (χ0n) is 7.99. The Morgan fingerprint density at radius 2 is 2.25 bits per heavy atom. The summed E-state index contributed by atoms with van der Waals surface area (Å²) in [6, 6.07) is 2.04. The number of aromatic nitrogens is 2. The predicted molar refractivity (Wildman–Crippen MR) is 49.8 cm³/mol. The maximum absolute atomic E-state index is 5.69. The van der Waals surface area contributed by atoms with Crippen molar-refractivity contribution in [2.45, 2.75) is 19.8 Å². The number of nitrogens with two attached hydrogens (primary N) is 1. The molecule has 12 heavy (non-hydrogen) atoms. The summed E-state index contributed by atoms with van der Waals surface area (Å²) in [5.41, 5.74) is 6.92. The topological polar surface area (TPSA) is 43.8 Å². The van der Waals surface area contributed by atoms with Gasteiger partial charge in [-0.15, -0.1) is 0 Å². The maximum atomic E-state index is 5.69. The number of hydrogen-bond donors (Lipinski definition) is 1. The fraction of sp³-hybridized carbons (Fsp3) is 0.667. The van der Waals surface area contributed by atoms with E-state index in [0.717, 1.165) is 0 Å². The third-order valence-electron chi connectivity index (χ3n) is 2.30. The molecular weight excluding hydrogens is 150 g/mol. The smallest absolute Gasteiger partial charge is 0.0492 e. The molecule has 0 unspecified atom stereocenters. The van der Waals surface area contributed by atoms with Crippen LogP contribution in [0, 0.1) is 5.92 Å². The van der Waals surface area contributed by atoms with Crippen molar-refractivity contribution in [3.05, 3.63) is 18.0 Å². The maximum Gasteiger partial charge on any atom is 0.0492 e. The van der Waals surface area contributed by atoms with Crippen LogP contribution in [0.1, 0.15) is 25.5 Å². The highest BCUT2D eigenvalue weighted by atomic mass is 15.3. The van der Waals surface area contributed by atoms with Crippen LogP contribution < -0.4 is 5.73 Å². The first kappa shape index (κ1) is 9.26. The average Bonchev–Trinajstić information content (AvgIpc) is 2.38. The summed E-state index contributed by atoms with van der Waals surface area (Å²) >= 11 is 0. The zero-order chi connectivity index (χ0) is 9.14. The van der Waals surface area contributed by atoms with Gasteiger partial charge in [0.1, 0.15) is 0 Å². The zero-order valence-corrected chi connectivity index (χ0v) is 7.99. The molecule has 0 saturated carbocycles. The van der Waals surface area contributed by atoms with Gasteiger partial charge in [0.05, 0.1) is 0 Å². The van der Waals surface area contributed by atoms with Gasteiger partial charge in [-0.25, -0.2) is 0 Å². The van der Waals surface area contributed by atoms with E-state index >= 15 is 0 Å². The quantitative estimate of drug-likeness (QED) is 0.733. The number of hydrogen-bond acceptors (Lipinski definition) is 2. The van der Waals surface area contributed by atoms with Crippen LogP contribution in [0.2, 0.25) is 0 Å². The third-order valence-corrected chi connectivity index (χ3v) is 2.30. The van der Waals surface area contributed by atoms with E-state index in [1.165, 1.54) is 5.69 Å². The number of nitrogens with zero attached hydrogens (tertiary/aromatic N) is 2. The molecule has 1 atom stereocenters. The Morgan fingerprint density at radius 1 is 1.58 bits per heavy atom. The monoisotopic (exact) mass is 167 g/mol. The van der Waals surface area contributed by atoms with Gasteiger partial charge in [-0.2, -0.15) is 5.10 Å². The van der Waals surface area contributed by atoms with Crippen LogP contribution in [0.3, 0.4) is 0 Å². The normalized spacial score (nSPS) is 13.8. The molecule has 2 N–H and O–H groups in total. The number of rotatable bonds is 3. The molecule has 0 fully saturated rings. The highest BCUT2D eigenvalue weighted by Crippen LogP contribution is 2.21. The Hall–Kier alpha value is -0.830. The molecule has 0 aliphatic heterocycles. The van der Waals surface area contributed by atoms with E-state index < -0.39 is 0 Å². The van der Waals surface area contributed by atoms with E-state index in [-0.39, 0.29) is 0 Å². The summed E-state index contributed by atoms with van der Waals surface area (Å²) < 4.78 is 1.90. The SMILES string of the molecule is CC(C)[C@@H](CN)c1ccnn1C. The summed E-state index contributed by atoms with van der Waals surface area (Å²) in [6.45, 7) is 5.06. The molecule has 1 aromatic heterocycles. The van der Waals surface area contributed by atoms with Crippen LogP contribution in [0.25, 0.3) is 0 Å². The molecule has 0 amide bonds. The van der Waals surface area contributed by atoms with Crippen molar-refractivity contribution in [2.75, 3.05) is 6.54 Å². The fourth-order valence-corrected chi connectivity index (χ4v) is 1.48. The van der Waals surface area contributed by atoms with E-state index in [4.69, 9.17) is 5.73 Å². The van der Waals surface area contributed by atoms with Gasteiger partial charge in [-0.1, -0.05) is 13.8 Å². The van der Waals surface area contributed by atoms with E-state index in [2.05, 4.69) is 18.9 Å². The third kappa shape index (κ3) is 1.67. The number of aryl methyl sites for hydroxylation is 1. The lowest BCUT2D eigenvalue weighted by Crippen LogP contribution is -2.20. The van der Waals surface area contributed by atoms with Crippen LogP contribution in [0.4, 0.5) is 0 Å². The Labute approximate surface area is 73.6 Å². The summed E-state index contributed by atoms with van der Waals surface area (Å²) in [5.74, 6) is 1.00. The minimum absolute atomic E-state index is 0.428. The molecule has 0 aromatic carbocycles. The van der Waals surface area contributed by atoms with E-state index in [9.17, 15) is 0 Å². The first-order valence-corrected chi connectivity index (χ1v) is 4.34. The van der Waals surface area contributed by atoms with Crippen molar-refractivity contribution in [1.29, 1.82) is 0 Å². The van der Waals surface area contributed by atoms with Crippen LogP contribution in [-0.2, 0) is 7.05 Å². The summed E-state index contributed by atoms with van der Waals surface area (Å²) in [5, 5.41) is 4.13. The Balaban J connectivity index is 2.87. The van der Waals surface area contributed by atoms with E-state index in [1.807, 2.05) is 24.0 Å². The molecule has 0 aliphatic rings. The highest BCUT2D eigenvalue weighted by molar-refractivity contribution is 5.08. The second kappa shape index (κ2) is 3.72. The van der Waals surface area contributed by atoms with Gasteiger partial charge in [0.2, 0.25) is 0 Å². The molecule has 0 saturated heterocycles. The van der Waals surface area contributed by atoms with Gasteiger partial charge in [-0.3, -0.25) is 4.68 Å². The second-order valence-electron chi connectivity index (χ2n) is 3.47. The summed E-state index contributed by atoms with van der Waals surface area (Å²) in [6.07, 6.45) is 1.82. The molecular formula is C9H17N3. The molecule has 68 valence electrons. The standard InChI is InChI=1S/C9H17N3/c1-7(2)8(6-10)9-4-5-11-12(9)3/h4-5,7-8H,6,10H2,1-3H3/t8-/m1/s1. The van der Waals surface area contributed by atoms with Gasteiger partial charge in [0, 0.05) is 31.4 Å². The van der Waals surface area contributed by atoms with Crippen molar-refractivity contribution in [1.82, 2.24) is 9.78 Å². The summed E-state index contributed by atoms with van der Waals surface area (Å²) in [4.78, 5) is 0. The lowest BCUT2D eigenvalue weighted by Gasteiger charge is -2.18. The summed E-state index contributed by atoms with van der Waals surface area (Å²) in [7, 11) is 1.96. The van der Waals surface area contributed by atoms with Crippen molar-refractivity contribution in [2.24, 2.45) is 18.7 Å². The van der Waals surface area contributed by atoms with Crippen molar-refractivity contribution in [3.8, 4) is 0 Å². The molecule has 1 aromatic rings. The van der Waals surface area contributed by atoms with E-state index in [1.54, 1.807) is 0 Å². The van der Waals surface area contributed by atoms with Crippen LogP contribution in [0.15, 0.2) is 12.3 Å². The molecule has 1 heterocycles. The highest BCUT2D eigenvalue weighted by Gasteiger charge is 2.16. The minimum atomic E-state index is 0.428. The lowest BCUT2D eigenvalue weighted by atomic mass is 9.93. The first-order valence-electron chi connectivity index (χ1n) is 4.34. The second-order valence-corrected chi connectivity index (χ2v) is 3.47. The van der Waals surface area contributed by atoms with Crippen LogP contribution in [0.5, 0.6) is 0 Å². The molecule has 3 nitrogen and oxygen atoms in total. The first-order chi connectivity index (χ1) is 5.66. The van der Waals surface area contributed by atoms with Crippen molar-refractivity contribution in [3.63, 3.8) is 0 Å². The largest absolute Gasteiger partial charge is 0.330 e. The Morgan fingerprint density at radius 3 is 2.58 bits per heavy atom. The van der Waals surface area contributed by atoms with Crippen molar-refractivity contribution < 1.29 is 0 Å². The molecule has 0 bridgehead atoms. The minimum Gasteiger partial charge on any atom is -0.330 e. The average molecular weight is 167 g/mol. The van der Waals surface area contributed by atoms with Gasteiger partial charge >= 0.3 is 0 Å². The lowest BCUT2D eigenvalue weighted by molar-refractivity contribution is 0.474. The van der Waals surface area contributed by atoms with Gasteiger partial charge in [0.25, 0.3) is 0 Å². The Bertz CT molecular complexity index is 240. The molecule has 0 spiro atoms.